The van der Waals surface area contributed by atoms with Crippen molar-refractivity contribution >= 4 is 38.5 Å². The van der Waals surface area contributed by atoms with E-state index in [1.54, 1.807) is 0 Å². The molecule has 3 unspecified atom stereocenters. The lowest BCUT2D eigenvalue weighted by Gasteiger charge is -2.19. The van der Waals surface area contributed by atoms with Crippen LogP contribution in [0.5, 0.6) is 0 Å². The Morgan fingerprint density at radius 2 is 1.12 bits per heavy atom. The summed E-state index contributed by atoms with van der Waals surface area (Å²) < 4.78 is 21.8. The van der Waals surface area contributed by atoms with Crippen LogP contribution >= 0.6 is 14.7 Å². The highest BCUT2D eigenvalue weighted by Crippen LogP contribution is 2.36. The maximum atomic E-state index is 11.7. The van der Waals surface area contributed by atoms with Gasteiger partial charge >= 0.3 is 11.9 Å². The van der Waals surface area contributed by atoms with Gasteiger partial charge < -0.3 is 42.1 Å². The lowest BCUT2D eigenvalue weighted by atomic mass is 10.2. The lowest BCUT2D eigenvalue weighted by molar-refractivity contribution is -0.141. The van der Waals surface area contributed by atoms with Crippen molar-refractivity contribution in [2.24, 2.45) is 11.5 Å². The van der Waals surface area contributed by atoms with Crippen molar-refractivity contribution in [2.75, 3.05) is 25.7 Å². The van der Waals surface area contributed by atoms with E-state index in [1.807, 2.05) is 0 Å². The van der Waals surface area contributed by atoms with Gasteiger partial charge in [0.25, 0.3) is 0 Å². The van der Waals surface area contributed by atoms with Crippen LogP contribution in [-0.2, 0) is 28.3 Å². The maximum Gasteiger partial charge on any atom is 0.325 e. The number of rotatable bonds is 12. The molecule has 188 valence electrons. The van der Waals surface area contributed by atoms with Crippen molar-refractivity contribution in [3.8, 4) is 0 Å². The zero-order valence-corrected chi connectivity index (χ0v) is 20.2. The molecule has 0 radical (unpaired) electrons. The summed E-state index contributed by atoms with van der Waals surface area (Å²) in [5.74, 6) is -3.64. The normalized spacial score (nSPS) is 18.2. The van der Waals surface area contributed by atoms with Crippen LogP contribution in [0.2, 0.25) is 0 Å². The molecule has 10 N–H and O–H groups in total. The van der Waals surface area contributed by atoms with Crippen LogP contribution in [-0.4, -0.2) is 93.6 Å². The Balaban J connectivity index is 0. The molecule has 6 atom stereocenters. The van der Waals surface area contributed by atoms with Crippen LogP contribution in [0.25, 0.3) is 0 Å². The predicted octanol–water partition coefficient (Wildman–Crippen LogP) is -1.61. The monoisotopic (exact) mass is 504 g/mol. The van der Waals surface area contributed by atoms with E-state index < -0.39 is 62.7 Å². The van der Waals surface area contributed by atoms with Crippen LogP contribution in [0.1, 0.15) is 26.7 Å². The van der Waals surface area contributed by atoms with E-state index in [4.69, 9.17) is 31.5 Å². The first-order valence-electron chi connectivity index (χ1n) is 9.43. The van der Waals surface area contributed by atoms with Crippen molar-refractivity contribution in [1.29, 1.82) is 0 Å². The molecule has 0 saturated carbocycles. The van der Waals surface area contributed by atoms with Gasteiger partial charge in [0.1, 0.15) is 18.1 Å². The first-order chi connectivity index (χ1) is 14.3. The molecule has 0 bridgehead atoms. The molecule has 16 heteroatoms. The number of amides is 2. The third-order valence-corrected chi connectivity index (χ3v) is 6.02. The Kier molecular flexibility index (Phi) is 14.5. The topological polar surface area (TPSA) is 259 Å². The van der Waals surface area contributed by atoms with Gasteiger partial charge in [-0.3, -0.25) is 28.3 Å². The van der Waals surface area contributed by atoms with Crippen LogP contribution < -0.4 is 22.1 Å². The van der Waals surface area contributed by atoms with E-state index in [1.165, 1.54) is 27.2 Å². The van der Waals surface area contributed by atoms with Gasteiger partial charge in [0, 0.05) is 25.7 Å². The van der Waals surface area contributed by atoms with Gasteiger partial charge in [-0.2, -0.15) is 0 Å². The molecule has 0 aromatic rings. The highest BCUT2D eigenvalue weighted by molar-refractivity contribution is 7.57. The Morgan fingerprint density at radius 3 is 1.47 bits per heavy atom. The molecule has 0 aliphatic rings. The van der Waals surface area contributed by atoms with Crippen LogP contribution in [0, 0.1) is 0 Å². The lowest BCUT2D eigenvalue weighted by Crippen LogP contribution is -2.52. The summed E-state index contributed by atoms with van der Waals surface area (Å²) in [5.41, 5.74) is 10.6. The number of nitrogens with one attached hydrogen (secondary N) is 2. The predicted molar refractivity (Wildman–Crippen MR) is 117 cm³/mol. The van der Waals surface area contributed by atoms with Gasteiger partial charge in [0.05, 0.1) is 6.04 Å². The smallest absolute Gasteiger partial charge is 0.325 e. The summed E-state index contributed by atoms with van der Waals surface area (Å²) in [6.45, 7) is 5.02. The number of hydrogen-bond acceptors (Lipinski definition) is 8. The standard InChI is InChI=1S/C11H22N3O6P.C5H12NO4P/c1-6(9(15)14-7(2)11(17)18)13-10(16)8(12)4-5-21(3,19)20;1-11(9,10)3-2-4(6)5(7)8/h6-8H,4-5,12H2,1-3H3,(H,13,16)(H,14,15)(H,17,18)(H,19,20);4H,2-3,6H2,1H3,(H,7,8)(H,9,10)/t6-,7-,8-;/m0./s1. The zero-order valence-electron chi connectivity index (χ0n) is 18.4. The average molecular weight is 504 g/mol. The van der Waals surface area contributed by atoms with Crippen LogP contribution in [0.15, 0.2) is 0 Å². The summed E-state index contributed by atoms with van der Waals surface area (Å²) in [6.07, 6.45) is -0.0890. The summed E-state index contributed by atoms with van der Waals surface area (Å²) in [4.78, 5) is 61.9. The molecule has 2 amide bonds. The number of hydrogen-bond donors (Lipinski definition) is 8. The number of nitrogens with two attached hydrogens (primary N) is 2. The second-order valence-corrected chi connectivity index (χ2v) is 12.6. The highest BCUT2D eigenvalue weighted by Gasteiger charge is 2.24. The van der Waals surface area contributed by atoms with Crippen molar-refractivity contribution in [2.45, 2.75) is 50.9 Å². The largest absolute Gasteiger partial charge is 0.480 e. The van der Waals surface area contributed by atoms with Gasteiger partial charge in [-0.15, -0.1) is 0 Å². The second-order valence-electron chi connectivity index (χ2n) is 7.48. The van der Waals surface area contributed by atoms with Crippen molar-refractivity contribution in [3.63, 3.8) is 0 Å². The molecule has 14 nitrogen and oxygen atoms in total. The van der Waals surface area contributed by atoms with E-state index in [9.17, 15) is 28.3 Å². The fourth-order valence-electron chi connectivity index (χ4n) is 1.80. The highest BCUT2D eigenvalue weighted by atomic mass is 31.2. The van der Waals surface area contributed by atoms with Gasteiger partial charge in [0.15, 0.2) is 14.7 Å². The van der Waals surface area contributed by atoms with E-state index in [0.717, 1.165) is 0 Å². The van der Waals surface area contributed by atoms with E-state index >= 15 is 0 Å². The maximum absolute atomic E-state index is 11.7. The minimum Gasteiger partial charge on any atom is -0.480 e. The van der Waals surface area contributed by atoms with E-state index in [2.05, 4.69) is 10.6 Å². The Hall–Kier alpha value is -1.82. The number of carbonyl (C=O) groups excluding carboxylic acids is 2. The van der Waals surface area contributed by atoms with Gasteiger partial charge in [0.2, 0.25) is 11.8 Å². The summed E-state index contributed by atoms with van der Waals surface area (Å²) >= 11 is 0. The number of aliphatic carboxylic acids is 2. The number of carbonyl (C=O) groups is 4. The molecular formula is C16H34N4O10P2. The molecule has 0 rings (SSSR count). The molecule has 0 fully saturated rings. The fourth-order valence-corrected chi connectivity index (χ4v) is 3.31. The van der Waals surface area contributed by atoms with Crippen molar-refractivity contribution in [1.82, 2.24) is 10.6 Å². The average Bonchev–Trinajstić information content (AvgIpc) is 2.62. The molecule has 32 heavy (non-hydrogen) atoms. The summed E-state index contributed by atoms with van der Waals surface area (Å²) in [6, 6.07) is -4.09. The first kappa shape index (κ1) is 32.4. The molecule has 0 aromatic heterocycles. The SMILES string of the molecule is CP(=O)(O)CCC(N)C(=O)O.C[C@H](NC(=O)[C@H](C)NC(=O)[C@@H](N)CCP(C)(=O)O)C(=O)O. The Morgan fingerprint density at radius 1 is 0.750 bits per heavy atom. The van der Waals surface area contributed by atoms with Crippen LogP contribution in [0.3, 0.4) is 0 Å². The third kappa shape index (κ3) is 17.8. The fraction of sp³-hybridized carbons (Fsp3) is 0.750. The third-order valence-electron chi connectivity index (χ3n) is 3.85. The van der Waals surface area contributed by atoms with Gasteiger partial charge in [-0.05, 0) is 26.7 Å². The Bertz CT molecular complexity index is 751. The molecule has 0 aliphatic heterocycles. The van der Waals surface area contributed by atoms with Crippen molar-refractivity contribution in [3.05, 3.63) is 0 Å². The Labute approximate surface area is 186 Å². The van der Waals surface area contributed by atoms with E-state index in [0.29, 0.717) is 0 Å². The van der Waals surface area contributed by atoms with Crippen molar-refractivity contribution < 1.29 is 48.3 Å². The molecule has 0 saturated heterocycles. The zero-order chi connectivity index (χ0) is 25.9. The molecule has 0 heterocycles. The molecule has 0 spiro atoms. The number of carboxylic acids is 2. The minimum atomic E-state index is -3.25. The quantitative estimate of drug-likeness (QED) is 0.140. The molecule has 0 aromatic carbocycles. The minimum absolute atomic E-state index is 0.00990. The summed E-state index contributed by atoms with van der Waals surface area (Å²) in [7, 11) is -6.35. The molecule has 0 aliphatic carbocycles. The van der Waals surface area contributed by atoms with Gasteiger partial charge in [-0.25, -0.2) is 0 Å². The van der Waals surface area contributed by atoms with Crippen LogP contribution in [0.4, 0.5) is 0 Å². The molecular weight excluding hydrogens is 470 g/mol. The van der Waals surface area contributed by atoms with E-state index in [-0.39, 0.29) is 25.2 Å². The number of carboxylic acid groups (broad SMARTS) is 2. The summed E-state index contributed by atoms with van der Waals surface area (Å²) in [5, 5.41) is 21.5. The second kappa shape index (κ2) is 14.4. The van der Waals surface area contributed by atoms with Gasteiger partial charge in [-0.1, -0.05) is 0 Å². The first-order valence-corrected chi connectivity index (χ1v) is 14.0.